The zero-order chi connectivity index (χ0) is 16.1. The molecule has 1 amide bonds. The van der Waals surface area contributed by atoms with Gasteiger partial charge in [0, 0.05) is 11.6 Å². The molecule has 4 heteroatoms. The molecule has 0 aliphatic heterocycles. The topological polar surface area (TPSA) is 46.9 Å². The number of amides is 1. The SMILES string of the molecule is CCCc1cccc(-c2cc(NC=O)nn2-c2ccccc2)c1. The van der Waals surface area contributed by atoms with Crippen molar-refractivity contribution in [1.82, 2.24) is 9.78 Å². The van der Waals surface area contributed by atoms with Crippen LogP contribution in [0.5, 0.6) is 0 Å². The van der Waals surface area contributed by atoms with Gasteiger partial charge in [0.05, 0.1) is 11.4 Å². The molecule has 0 fully saturated rings. The number of nitrogens with one attached hydrogen (secondary N) is 1. The van der Waals surface area contributed by atoms with Crippen molar-refractivity contribution in [1.29, 1.82) is 0 Å². The molecule has 1 aromatic heterocycles. The molecule has 1 N–H and O–H groups in total. The molecule has 1 heterocycles. The van der Waals surface area contributed by atoms with E-state index in [1.54, 1.807) is 0 Å². The summed E-state index contributed by atoms with van der Waals surface area (Å²) in [6.07, 6.45) is 2.81. The standard InChI is InChI=1S/C19H19N3O/c1-2-7-15-8-6-9-16(12-15)18-13-19(20-14-23)21-22(18)17-10-4-3-5-11-17/h3-6,8-14H,2,7H2,1H3,(H,20,21,23). The maximum atomic E-state index is 10.7. The van der Waals surface area contributed by atoms with E-state index in [0.29, 0.717) is 12.2 Å². The first-order chi connectivity index (χ1) is 11.3. The van der Waals surface area contributed by atoms with E-state index in [1.807, 2.05) is 41.1 Å². The van der Waals surface area contributed by atoms with Gasteiger partial charge in [-0.1, -0.05) is 49.7 Å². The Kier molecular flexibility index (Phi) is 4.52. The summed E-state index contributed by atoms with van der Waals surface area (Å²) in [4.78, 5) is 10.7. The molecule has 4 nitrogen and oxygen atoms in total. The minimum Gasteiger partial charge on any atom is -0.312 e. The van der Waals surface area contributed by atoms with Crippen LogP contribution in [0.1, 0.15) is 18.9 Å². The first kappa shape index (κ1) is 15.0. The van der Waals surface area contributed by atoms with Crippen molar-refractivity contribution in [2.75, 3.05) is 5.32 Å². The second-order valence-electron chi connectivity index (χ2n) is 5.37. The van der Waals surface area contributed by atoms with Gasteiger partial charge in [-0.3, -0.25) is 4.79 Å². The maximum absolute atomic E-state index is 10.7. The molecule has 0 saturated carbocycles. The van der Waals surface area contributed by atoms with Gasteiger partial charge in [0.2, 0.25) is 6.41 Å². The highest BCUT2D eigenvalue weighted by molar-refractivity contribution is 5.73. The lowest BCUT2D eigenvalue weighted by atomic mass is 10.0. The first-order valence-corrected chi connectivity index (χ1v) is 7.77. The Hall–Kier alpha value is -2.88. The third-order valence-corrected chi connectivity index (χ3v) is 3.68. The Morgan fingerprint density at radius 3 is 2.65 bits per heavy atom. The maximum Gasteiger partial charge on any atom is 0.212 e. The number of para-hydroxylation sites is 1. The number of hydrogen-bond acceptors (Lipinski definition) is 2. The smallest absolute Gasteiger partial charge is 0.212 e. The third-order valence-electron chi connectivity index (χ3n) is 3.68. The molecule has 3 rings (SSSR count). The fourth-order valence-corrected chi connectivity index (χ4v) is 2.66. The fraction of sp³-hybridized carbons (Fsp3) is 0.158. The molecule has 2 aromatic carbocycles. The Morgan fingerprint density at radius 2 is 1.91 bits per heavy atom. The van der Waals surface area contributed by atoms with Crippen LogP contribution in [0, 0.1) is 0 Å². The van der Waals surface area contributed by atoms with Gasteiger partial charge >= 0.3 is 0 Å². The van der Waals surface area contributed by atoms with Gasteiger partial charge in [-0.05, 0) is 30.2 Å². The molecule has 0 bridgehead atoms. The summed E-state index contributed by atoms with van der Waals surface area (Å²) in [5, 5.41) is 7.13. The van der Waals surface area contributed by atoms with Gasteiger partial charge < -0.3 is 5.32 Å². The molecule has 0 aliphatic rings. The molecule has 116 valence electrons. The number of aromatic nitrogens is 2. The van der Waals surface area contributed by atoms with Crippen LogP contribution in [0.3, 0.4) is 0 Å². The lowest BCUT2D eigenvalue weighted by molar-refractivity contribution is -0.105. The summed E-state index contributed by atoms with van der Waals surface area (Å²) < 4.78 is 1.86. The van der Waals surface area contributed by atoms with Crippen LogP contribution in [0.15, 0.2) is 60.7 Å². The van der Waals surface area contributed by atoms with E-state index in [0.717, 1.165) is 29.8 Å². The minimum absolute atomic E-state index is 0.541. The highest BCUT2D eigenvalue weighted by Crippen LogP contribution is 2.26. The van der Waals surface area contributed by atoms with E-state index in [-0.39, 0.29) is 0 Å². The Balaban J connectivity index is 2.10. The molecule has 23 heavy (non-hydrogen) atoms. The zero-order valence-electron chi connectivity index (χ0n) is 13.1. The molecule has 0 radical (unpaired) electrons. The molecule has 0 atom stereocenters. The largest absolute Gasteiger partial charge is 0.312 e. The summed E-state index contributed by atoms with van der Waals surface area (Å²) in [6, 6.07) is 20.3. The lowest BCUT2D eigenvalue weighted by Crippen LogP contribution is -2.00. The Morgan fingerprint density at radius 1 is 1.09 bits per heavy atom. The van der Waals surface area contributed by atoms with E-state index >= 15 is 0 Å². The van der Waals surface area contributed by atoms with Crippen molar-refractivity contribution in [2.24, 2.45) is 0 Å². The van der Waals surface area contributed by atoms with Crippen LogP contribution in [0.2, 0.25) is 0 Å². The van der Waals surface area contributed by atoms with Gasteiger partial charge in [-0.15, -0.1) is 5.10 Å². The predicted molar refractivity (Wildman–Crippen MR) is 92.7 cm³/mol. The van der Waals surface area contributed by atoms with Crippen LogP contribution in [0.25, 0.3) is 16.9 Å². The quantitative estimate of drug-likeness (QED) is 0.698. The lowest BCUT2D eigenvalue weighted by Gasteiger charge is -2.08. The number of anilines is 1. The van der Waals surface area contributed by atoms with Crippen molar-refractivity contribution in [3.05, 3.63) is 66.2 Å². The van der Waals surface area contributed by atoms with Gasteiger partial charge in [0.25, 0.3) is 0 Å². The Bertz CT molecular complexity index is 793. The summed E-state index contributed by atoms with van der Waals surface area (Å²) in [5.74, 6) is 0.541. The average molecular weight is 305 g/mol. The molecular weight excluding hydrogens is 286 g/mol. The van der Waals surface area contributed by atoms with Gasteiger partial charge in [0.15, 0.2) is 5.82 Å². The molecule has 0 aliphatic carbocycles. The molecule has 0 spiro atoms. The summed E-state index contributed by atoms with van der Waals surface area (Å²) in [7, 11) is 0. The van der Waals surface area contributed by atoms with Crippen molar-refractivity contribution in [3.8, 4) is 16.9 Å². The van der Waals surface area contributed by atoms with Gasteiger partial charge in [-0.25, -0.2) is 4.68 Å². The number of hydrogen-bond donors (Lipinski definition) is 1. The van der Waals surface area contributed by atoms with E-state index in [4.69, 9.17) is 0 Å². The highest BCUT2D eigenvalue weighted by Gasteiger charge is 2.11. The van der Waals surface area contributed by atoms with E-state index < -0.39 is 0 Å². The third kappa shape index (κ3) is 3.31. The normalized spacial score (nSPS) is 10.5. The number of carbonyl (C=O) groups is 1. The second kappa shape index (κ2) is 6.92. The summed E-state index contributed by atoms with van der Waals surface area (Å²) in [6.45, 7) is 2.17. The predicted octanol–water partition coefficient (Wildman–Crippen LogP) is 4.06. The zero-order valence-corrected chi connectivity index (χ0v) is 13.1. The monoisotopic (exact) mass is 305 g/mol. The summed E-state index contributed by atoms with van der Waals surface area (Å²) >= 11 is 0. The van der Waals surface area contributed by atoms with Crippen LogP contribution in [-0.4, -0.2) is 16.2 Å². The van der Waals surface area contributed by atoms with Crippen LogP contribution in [0.4, 0.5) is 5.82 Å². The average Bonchev–Trinajstić information content (AvgIpc) is 3.01. The highest BCUT2D eigenvalue weighted by atomic mass is 16.1. The van der Waals surface area contributed by atoms with Crippen LogP contribution < -0.4 is 5.32 Å². The number of rotatable bonds is 6. The number of carbonyl (C=O) groups excluding carboxylic acids is 1. The van der Waals surface area contributed by atoms with E-state index in [1.165, 1.54) is 5.56 Å². The van der Waals surface area contributed by atoms with Crippen LogP contribution in [-0.2, 0) is 11.2 Å². The fourth-order valence-electron chi connectivity index (χ4n) is 2.66. The number of benzene rings is 2. The molecule has 3 aromatic rings. The molecule has 0 unspecified atom stereocenters. The Labute approximate surface area is 135 Å². The van der Waals surface area contributed by atoms with Crippen LogP contribution >= 0.6 is 0 Å². The van der Waals surface area contributed by atoms with E-state index in [2.05, 4.69) is 41.6 Å². The minimum atomic E-state index is 0.541. The van der Waals surface area contributed by atoms with Gasteiger partial charge in [-0.2, -0.15) is 0 Å². The molecular formula is C19H19N3O. The first-order valence-electron chi connectivity index (χ1n) is 7.77. The van der Waals surface area contributed by atoms with Crippen molar-refractivity contribution in [3.63, 3.8) is 0 Å². The number of aryl methyl sites for hydroxylation is 1. The second-order valence-corrected chi connectivity index (χ2v) is 5.37. The molecule has 0 saturated heterocycles. The van der Waals surface area contributed by atoms with Crippen molar-refractivity contribution in [2.45, 2.75) is 19.8 Å². The summed E-state index contributed by atoms with van der Waals surface area (Å²) in [5.41, 5.74) is 4.31. The van der Waals surface area contributed by atoms with E-state index in [9.17, 15) is 4.79 Å². The van der Waals surface area contributed by atoms with Crippen molar-refractivity contribution >= 4 is 12.2 Å². The van der Waals surface area contributed by atoms with Crippen molar-refractivity contribution < 1.29 is 4.79 Å². The van der Waals surface area contributed by atoms with Gasteiger partial charge in [0.1, 0.15) is 0 Å². The number of nitrogens with zero attached hydrogens (tertiary/aromatic N) is 2.